The summed E-state index contributed by atoms with van der Waals surface area (Å²) in [6.07, 6.45) is 2.27. The number of imide groups is 1. The maximum Gasteiger partial charge on any atom is 0.255 e. The first-order valence-electron chi connectivity index (χ1n) is 4.46. The zero-order valence-electron chi connectivity index (χ0n) is 8.67. The van der Waals surface area contributed by atoms with Crippen molar-refractivity contribution >= 4 is 17.6 Å². The number of carbonyl (C=O) groups is 3. The van der Waals surface area contributed by atoms with E-state index in [1.165, 1.54) is 6.92 Å². The molecule has 2 amide bonds. The number of ketones is 1. The van der Waals surface area contributed by atoms with Crippen LogP contribution in [0.2, 0.25) is 0 Å². The summed E-state index contributed by atoms with van der Waals surface area (Å²) < 4.78 is 4.71. The van der Waals surface area contributed by atoms with E-state index in [0.29, 0.717) is 0 Å². The summed E-state index contributed by atoms with van der Waals surface area (Å²) in [6, 6.07) is 0. The van der Waals surface area contributed by atoms with Gasteiger partial charge < -0.3 is 4.74 Å². The predicted molar refractivity (Wildman–Crippen MR) is 49.5 cm³/mol. The van der Waals surface area contributed by atoms with Crippen molar-refractivity contribution < 1.29 is 28.9 Å². The highest BCUT2D eigenvalue weighted by molar-refractivity contribution is 6.12. The first kappa shape index (κ1) is 12.5. The lowest BCUT2D eigenvalue weighted by Crippen LogP contribution is -2.32. The molecule has 0 bridgehead atoms. The largest absolute Gasteiger partial charge is 0.344 e. The monoisotopic (exact) mass is 229 g/mol. The van der Waals surface area contributed by atoms with E-state index in [1.54, 1.807) is 0 Å². The maximum atomic E-state index is 11.0. The Labute approximate surface area is 91.5 Å². The number of nitrogens with zero attached hydrogens (tertiary/aromatic N) is 1. The van der Waals surface area contributed by atoms with Crippen LogP contribution in [-0.2, 0) is 28.9 Å². The maximum absolute atomic E-state index is 11.0. The highest BCUT2D eigenvalue weighted by Gasteiger charge is 2.23. The van der Waals surface area contributed by atoms with E-state index < -0.39 is 11.8 Å². The number of amides is 2. The molecule has 0 aromatic carbocycles. The van der Waals surface area contributed by atoms with E-state index in [0.717, 1.165) is 17.1 Å². The molecular weight excluding hydrogens is 218 g/mol. The van der Waals surface area contributed by atoms with Gasteiger partial charge in [0.1, 0.15) is 6.61 Å². The molecule has 1 aliphatic rings. The second-order valence-electron chi connectivity index (χ2n) is 2.97. The third-order valence-corrected chi connectivity index (χ3v) is 1.60. The van der Waals surface area contributed by atoms with Crippen molar-refractivity contribution in [3.8, 4) is 0 Å². The molecule has 1 heterocycles. The predicted octanol–water partition coefficient (Wildman–Crippen LogP) is -0.620. The molecule has 0 aromatic heterocycles. The molecule has 16 heavy (non-hydrogen) atoms. The first-order chi connectivity index (χ1) is 7.61. The Morgan fingerprint density at radius 3 is 2.44 bits per heavy atom. The van der Waals surface area contributed by atoms with Crippen molar-refractivity contribution in [2.24, 2.45) is 0 Å². The topological polar surface area (TPSA) is 82.1 Å². The van der Waals surface area contributed by atoms with E-state index in [9.17, 15) is 14.4 Å². The number of rotatable bonds is 7. The third-order valence-electron chi connectivity index (χ3n) is 1.60. The van der Waals surface area contributed by atoms with Crippen LogP contribution < -0.4 is 0 Å². The minimum Gasteiger partial charge on any atom is -0.344 e. The van der Waals surface area contributed by atoms with Gasteiger partial charge in [0.25, 0.3) is 11.8 Å². The van der Waals surface area contributed by atoms with Crippen LogP contribution in [0.15, 0.2) is 12.2 Å². The van der Waals surface area contributed by atoms with E-state index in [1.807, 2.05) is 0 Å². The smallest absolute Gasteiger partial charge is 0.255 e. The lowest BCUT2D eigenvalue weighted by Gasteiger charge is -2.12. The molecule has 0 N–H and O–H groups in total. The van der Waals surface area contributed by atoms with Gasteiger partial charge in [-0.3, -0.25) is 14.4 Å². The van der Waals surface area contributed by atoms with Gasteiger partial charge in [-0.15, -0.1) is 0 Å². The summed E-state index contributed by atoms with van der Waals surface area (Å²) >= 11 is 0. The van der Waals surface area contributed by atoms with Gasteiger partial charge in [0.15, 0.2) is 19.3 Å². The van der Waals surface area contributed by atoms with Crippen LogP contribution in [0.5, 0.6) is 0 Å². The second-order valence-corrected chi connectivity index (χ2v) is 2.97. The fourth-order valence-electron chi connectivity index (χ4n) is 0.902. The van der Waals surface area contributed by atoms with Gasteiger partial charge in [-0.1, -0.05) is 0 Å². The second kappa shape index (κ2) is 6.11. The molecule has 0 saturated heterocycles. The summed E-state index contributed by atoms with van der Waals surface area (Å²) in [6.45, 7) is 0.734. The molecule has 0 fully saturated rings. The molecular formula is C9H11NO6. The van der Waals surface area contributed by atoms with E-state index in [-0.39, 0.29) is 25.9 Å². The van der Waals surface area contributed by atoms with Crippen LogP contribution in [0.25, 0.3) is 0 Å². The van der Waals surface area contributed by atoms with Crippen molar-refractivity contribution in [3.05, 3.63) is 12.2 Å². The number of ether oxygens (including phenoxy) is 1. The van der Waals surface area contributed by atoms with Crippen molar-refractivity contribution in [3.63, 3.8) is 0 Å². The average molecular weight is 229 g/mol. The summed E-state index contributed by atoms with van der Waals surface area (Å²) in [5.41, 5.74) is 0. The van der Waals surface area contributed by atoms with Crippen molar-refractivity contribution in [2.75, 3.05) is 20.1 Å². The van der Waals surface area contributed by atoms with Crippen molar-refractivity contribution in [1.29, 1.82) is 0 Å². The summed E-state index contributed by atoms with van der Waals surface area (Å²) in [4.78, 5) is 42.3. The Morgan fingerprint density at radius 2 is 1.88 bits per heavy atom. The quantitative estimate of drug-likeness (QED) is 0.190. The van der Waals surface area contributed by atoms with Gasteiger partial charge in [0.2, 0.25) is 0 Å². The Hall–Kier alpha value is -1.57. The first-order valence-corrected chi connectivity index (χ1v) is 4.46. The summed E-state index contributed by atoms with van der Waals surface area (Å²) in [5, 5.41) is 0. The SMILES string of the molecule is CC(=O)COCOOCN1C(=O)C=CC1=O. The number of hydrogen-bond donors (Lipinski definition) is 0. The fourth-order valence-corrected chi connectivity index (χ4v) is 0.902. The summed E-state index contributed by atoms with van der Waals surface area (Å²) in [7, 11) is 0. The van der Waals surface area contributed by atoms with Crippen molar-refractivity contribution in [1.82, 2.24) is 4.90 Å². The molecule has 1 rings (SSSR count). The Bertz CT molecular complexity index is 306. The third kappa shape index (κ3) is 3.89. The molecule has 0 aromatic rings. The summed E-state index contributed by atoms with van der Waals surface area (Å²) in [5.74, 6) is -1.06. The molecule has 88 valence electrons. The molecule has 0 radical (unpaired) electrons. The Kier molecular flexibility index (Phi) is 4.77. The van der Waals surface area contributed by atoms with Gasteiger partial charge in [-0.25, -0.2) is 14.7 Å². The van der Waals surface area contributed by atoms with Gasteiger partial charge >= 0.3 is 0 Å². The van der Waals surface area contributed by atoms with E-state index >= 15 is 0 Å². The van der Waals surface area contributed by atoms with Gasteiger partial charge in [-0.2, -0.15) is 0 Å². The van der Waals surface area contributed by atoms with E-state index in [4.69, 9.17) is 4.74 Å². The molecule has 0 spiro atoms. The highest BCUT2D eigenvalue weighted by Crippen LogP contribution is 2.02. The van der Waals surface area contributed by atoms with Crippen molar-refractivity contribution in [2.45, 2.75) is 6.92 Å². The van der Waals surface area contributed by atoms with Crippen LogP contribution in [0, 0.1) is 0 Å². The van der Waals surface area contributed by atoms with Crippen LogP contribution in [0.3, 0.4) is 0 Å². The number of Topliss-reactive ketones (excluding diaryl/α,β-unsaturated/α-hetero) is 1. The van der Waals surface area contributed by atoms with Gasteiger partial charge in [-0.05, 0) is 6.92 Å². The molecule has 1 aliphatic heterocycles. The van der Waals surface area contributed by atoms with Gasteiger partial charge in [0.05, 0.1) is 0 Å². The molecule has 7 heteroatoms. The van der Waals surface area contributed by atoms with Crippen LogP contribution in [0.1, 0.15) is 6.92 Å². The molecule has 0 saturated carbocycles. The van der Waals surface area contributed by atoms with Crippen LogP contribution in [0.4, 0.5) is 0 Å². The zero-order valence-corrected chi connectivity index (χ0v) is 8.67. The molecule has 0 atom stereocenters. The fraction of sp³-hybridized carbons (Fsp3) is 0.444. The zero-order chi connectivity index (χ0) is 12.0. The molecule has 7 nitrogen and oxygen atoms in total. The number of hydrogen-bond acceptors (Lipinski definition) is 6. The Morgan fingerprint density at radius 1 is 1.25 bits per heavy atom. The van der Waals surface area contributed by atoms with Crippen LogP contribution in [-0.4, -0.2) is 42.6 Å². The molecule has 0 aliphatic carbocycles. The molecule has 0 unspecified atom stereocenters. The normalized spacial score (nSPS) is 14.9. The minimum atomic E-state index is -0.460. The lowest BCUT2D eigenvalue weighted by molar-refractivity contribution is -0.346. The average Bonchev–Trinajstić information content (AvgIpc) is 2.53. The van der Waals surface area contributed by atoms with Crippen LogP contribution >= 0.6 is 0 Å². The number of carbonyl (C=O) groups excluding carboxylic acids is 3. The minimum absolute atomic E-state index is 0.0769. The standard InChI is InChI=1S/C9H11NO6/c1-7(11)4-14-6-16-15-5-10-8(12)2-3-9(10)13/h2-3H,4-6H2,1H3. The highest BCUT2D eigenvalue weighted by atomic mass is 17.2. The Balaban J connectivity index is 2.05. The lowest BCUT2D eigenvalue weighted by atomic mass is 10.5. The van der Waals surface area contributed by atoms with Gasteiger partial charge in [0, 0.05) is 12.2 Å². The van der Waals surface area contributed by atoms with E-state index in [2.05, 4.69) is 9.78 Å².